The second-order valence-electron chi connectivity index (χ2n) is 4.53. The number of hydrogen-bond donors (Lipinski definition) is 1. The maximum absolute atomic E-state index is 13.0. The SMILES string of the molecule is CCC1(C)NC(=O)N(/N=C/c2cccc(F)c2)C1=O. The van der Waals surface area contributed by atoms with Crippen molar-refractivity contribution in [1.82, 2.24) is 10.3 Å². The minimum absolute atomic E-state index is 0.403. The third-order valence-corrected chi connectivity index (χ3v) is 3.12. The molecular weight excluding hydrogens is 249 g/mol. The minimum Gasteiger partial charge on any atom is -0.322 e. The van der Waals surface area contributed by atoms with Gasteiger partial charge in [-0.1, -0.05) is 19.1 Å². The van der Waals surface area contributed by atoms with Gasteiger partial charge < -0.3 is 5.32 Å². The molecule has 0 saturated carbocycles. The lowest BCUT2D eigenvalue weighted by Gasteiger charge is -2.17. The van der Waals surface area contributed by atoms with Crippen LogP contribution in [0.4, 0.5) is 9.18 Å². The summed E-state index contributed by atoms with van der Waals surface area (Å²) in [6.45, 7) is 3.45. The molecule has 2 rings (SSSR count). The van der Waals surface area contributed by atoms with Crippen LogP contribution in [-0.2, 0) is 4.79 Å². The zero-order chi connectivity index (χ0) is 14.0. The summed E-state index contributed by atoms with van der Waals surface area (Å²) in [7, 11) is 0. The molecule has 19 heavy (non-hydrogen) atoms. The van der Waals surface area contributed by atoms with Gasteiger partial charge in [0.15, 0.2) is 0 Å². The molecule has 1 unspecified atom stereocenters. The number of benzene rings is 1. The van der Waals surface area contributed by atoms with Gasteiger partial charge in [-0.3, -0.25) is 4.79 Å². The number of nitrogens with one attached hydrogen (secondary N) is 1. The Kier molecular flexibility index (Phi) is 3.33. The maximum atomic E-state index is 13.0. The van der Waals surface area contributed by atoms with Gasteiger partial charge in [-0.15, -0.1) is 5.01 Å². The number of amides is 3. The van der Waals surface area contributed by atoms with Crippen molar-refractivity contribution >= 4 is 18.2 Å². The number of carbonyl (C=O) groups is 2. The highest BCUT2D eigenvalue weighted by atomic mass is 19.1. The van der Waals surface area contributed by atoms with Crippen LogP contribution in [0.3, 0.4) is 0 Å². The Morgan fingerprint density at radius 2 is 2.21 bits per heavy atom. The molecule has 100 valence electrons. The molecule has 1 N–H and O–H groups in total. The molecule has 0 aliphatic carbocycles. The van der Waals surface area contributed by atoms with Gasteiger partial charge in [0.1, 0.15) is 11.4 Å². The molecule has 3 amide bonds. The Hall–Kier alpha value is -2.24. The molecule has 1 aromatic rings. The van der Waals surface area contributed by atoms with Gasteiger partial charge >= 0.3 is 6.03 Å². The first kappa shape index (κ1) is 13.2. The molecule has 1 aliphatic heterocycles. The van der Waals surface area contributed by atoms with Gasteiger partial charge in [0, 0.05) is 0 Å². The molecule has 0 aromatic heterocycles. The number of hydrogen-bond acceptors (Lipinski definition) is 3. The summed E-state index contributed by atoms with van der Waals surface area (Å²) in [5, 5.41) is 7.17. The molecular formula is C13H14FN3O2. The van der Waals surface area contributed by atoms with Gasteiger partial charge in [-0.2, -0.15) is 5.10 Å². The van der Waals surface area contributed by atoms with Crippen molar-refractivity contribution in [2.75, 3.05) is 0 Å². The number of hydrazone groups is 1. The van der Waals surface area contributed by atoms with E-state index < -0.39 is 23.3 Å². The fourth-order valence-corrected chi connectivity index (χ4v) is 1.72. The molecule has 1 heterocycles. The van der Waals surface area contributed by atoms with Crippen LogP contribution >= 0.6 is 0 Å². The van der Waals surface area contributed by atoms with Crippen LogP contribution < -0.4 is 5.32 Å². The molecule has 1 aliphatic rings. The fraction of sp³-hybridized carbons (Fsp3) is 0.308. The van der Waals surface area contributed by atoms with Gasteiger partial charge in [-0.25, -0.2) is 9.18 Å². The molecule has 0 bridgehead atoms. The van der Waals surface area contributed by atoms with Crippen molar-refractivity contribution in [3.8, 4) is 0 Å². The Morgan fingerprint density at radius 3 is 2.79 bits per heavy atom. The smallest absolute Gasteiger partial charge is 0.322 e. The predicted octanol–water partition coefficient (Wildman–Crippen LogP) is 1.88. The van der Waals surface area contributed by atoms with Gasteiger partial charge in [0.2, 0.25) is 0 Å². The Labute approximate surface area is 110 Å². The van der Waals surface area contributed by atoms with E-state index >= 15 is 0 Å². The minimum atomic E-state index is -0.920. The van der Waals surface area contributed by atoms with E-state index in [1.54, 1.807) is 19.9 Å². The quantitative estimate of drug-likeness (QED) is 0.668. The van der Waals surface area contributed by atoms with E-state index in [1.807, 2.05) is 0 Å². The van der Waals surface area contributed by atoms with Crippen molar-refractivity contribution in [1.29, 1.82) is 0 Å². The highest BCUT2D eigenvalue weighted by Crippen LogP contribution is 2.20. The Balaban J connectivity index is 2.20. The summed E-state index contributed by atoms with van der Waals surface area (Å²) in [6, 6.07) is 5.16. The maximum Gasteiger partial charge on any atom is 0.346 e. The lowest BCUT2D eigenvalue weighted by atomic mass is 10.00. The van der Waals surface area contributed by atoms with Crippen LogP contribution in [0.25, 0.3) is 0 Å². The summed E-state index contributed by atoms with van der Waals surface area (Å²) >= 11 is 0. The molecule has 1 saturated heterocycles. The first-order chi connectivity index (χ1) is 8.96. The summed E-state index contributed by atoms with van der Waals surface area (Å²) in [6.07, 6.45) is 1.76. The van der Waals surface area contributed by atoms with Gasteiger partial charge in [0.25, 0.3) is 5.91 Å². The van der Waals surface area contributed by atoms with E-state index in [9.17, 15) is 14.0 Å². The molecule has 5 nitrogen and oxygen atoms in total. The monoisotopic (exact) mass is 263 g/mol. The fourth-order valence-electron chi connectivity index (χ4n) is 1.72. The zero-order valence-corrected chi connectivity index (χ0v) is 10.7. The Morgan fingerprint density at radius 1 is 1.47 bits per heavy atom. The summed E-state index contributed by atoms with van der Waals surface area (Å²) < 4.78 is 13.0. The van der Waals surface area contributed by atoms with E-state index in [0.29, 0.717) is 12.0 Å². The molecule has 0 spiro atoms. The van der Waals surface area contributed by atoms with E-state index in [2.05, 4.69) is 10.4 Å². The number of nitrogens with zero attached hydrogens (tertiary/aromatic N) is 2. The van der Waals surface area contributed by atoms with Crippen LogP contribution in [0, 0.1) is 5.82 Å². The number of halogens is 1. The first-order valence-corrected chi connectivity index (χ1v) is 5.92. The van der Waals surface area contributed by atoms with Gasteiger partial charge in [0.05, 0.1) is 6.21 Å². The van der Waals surface area contributed by atoms with Crippen molar-refractivity contribution in [3.63, 3.8) is 0 Å². The standard InChI is InChI=1S/C13H14FN3O2/c1-3-13(2)11(18)17(12(19)16-13)15-8-9-5-4-6-10(14)7-9/h4-8H,3H2,1-2H3,(H,16,19)/b15-8+. The third kappa shape index (κ3) is 2.47. The third-order valence-electron chi connectivity index (χ3n) is 3.12. The van der Waals surface area contributed by atoms with E-state index in [4.69, 9.17) is 0 Å². The van der Waals surface area contributed by atoms with E-state index in [1.165, 1.54) is 24.4 Å². The molecule has 1 fully saturated rings. The highest BCUT2D eigenvalue weighted by molar-refractivity contribution is 6.07. The average molecular weight is 263 g/mol. The largest absolute Gasteiger partial charge is 0.346 e. The average Bonchev–Trinajstić information content (AvgIpc) is 2.59. The molecule has 1 aromatic carbocycles. The van der Waals surface area contributed by atoms with Gasteiger partial charge in [-0.05, 0) is 31.0 Å². The number of imide groups is 1. The zero-order valence-electron chi connectivity index (χ0n) is 10.7. The summed E-state index contributed by atoms with van der Waals surface area (Å²) in [5.41, 5.74) is -0.443. The van der Waals surface area contributed by atoms with Crippen LogP contribution in [0.2, 0.25) is 0 Å². The number of rotatable bonds is 3. The lowest BCUT2D eigenvalue weighted by molar-refractivity contribution is -0.130. The van der Waals surface area contributed by atoms with Crippen molar-refractivity contribution in [2.45, 2.75) is 25.8 Å². The highest BCUT2D eigenvalue weighted by Gasteiger charge is 2.46. The lowest BCUT2D eigenvalue weighted by Crippen LogP contribution is -2.42. The normalized spacial score (nSPS) is 23.2. The number of carbonyl (C=O) groups excluding carboxylic acids is 2. The second kappa shape index (κ2) is 4.79. The predicted molar refractivity (Wildman–Crippen MR) is 68.1 cm³/mol. The Bertz CT molecular complexity index is 559. The van der Waals surface area contributed by atoms with E-state index in [0.717, 1.165) is 5.01 Å². The van der Waals surface area contributed by atoms with Crippen molar-refractivity contribution in [2.24, 2.45) is 5.10 Å². The van der Waals surface area contributed by atoms with E-state index in [-0.39, 0.29) is 0 Å². The summed E-state index contributed by atoms with van der Waals surface area (Å²) in [5.74, 6) is -0.813. The van der Waals surface area contributed by atoms with Crippen LogP contribution in [-0.4, -0.2) is 28.7 Å². The van der Waals surface area contributed by atoms with Crippen LogP contribution in [0.15, 0.2) is 29.4 Å². The topological polar surface area (TPSA) is 61.8 Å². The first-order valence-electron chi connectivity index (χ1n) is 5.92. The molecule has 1 atom stereocenters. The molecule has 0 radical (unpaired) electrons. The van der Waals surface area contributed by atoms with Crippen molar-refractivity contribution in [3.05, 3.63) is 35.6 Å². The van der Waals surface area contributed by atoms with Crippen molar-refractivity contribution < 1.29 is 14.0 Å². The molecule has 6 heteroatoms. The second-order valence-corrected chi connectivity index (χ2v) is 4.53. The van der Waals surface area contributed by atoms with Crippen LogP contribution in [0.1, 0.15) is 25.8 Å². The number of urea groups is 1. The van der Waals surface area contributed by atoms with Crippen LogP contribution in [0.5, 0.6) is 0 Å². The summed E-state index contributed by atoms with van der Waals surface area (Å²) in [4.78, 5) is 23.7.